The quantitative estimate of drug-likeness (QED) is 0.452. The summed E-state index contributed by atoms with van der Waals surface area (Å²) in [5, 5.41) is 17.9. The minimum atomic E-state index is -0.716. The zero-order valence-electron chi connectivity index (χ0n) is 20.1. The van der Waals surface area contributed by atoms with Gasteiger partial charge in [-0.1, -0.05) is 0 Å². The summed E-state index contributed by atoms with van der Waals surface area (Å²) in [5.41, 5.74) is 1.93. The molecule has 1 N–H and O–H groups in total. The third-order valence-electron chi connectivity index (χ3n) is 6.82. The van der Waals surface area contributed by atoms with E-state index >= 15 is 0 Å². The number of anilines is 3. The maximum absolute atomic E-state index is 9.37. The van der Waals surface area contributed by atoms with Gasteiger partial charge in [0.05, 0.1) is 22.5 Å². The van der Waals surface area contributed by atoms with Crippen molar-refractivity contribution in [3.63, 3.8) is 0 Å². The van der Waals surface area contributed by atoms with Crippen LogP contribution in [-0.4, -0.2) is 66.8 Å². The first kappa shape index (κ1) is 21.9. The molecule has 6 heterocycles. The number of likely N-dealkylation sites (tertiary alicyclic amines) is 1. The first-order valence-electron chi connectivity index (χ1n) is 11.6. The van der Waals surface area contributed by atoms with Crippen molar-refractivity contribution in [1.29, 1.82) is 5.26 Å². The Hall–Kier alpha value is -3.62. The molecule has 0 unspecified atom stereocenters. The molecule has 0 radical (unpaired) electrons. The van der Waals surface area contributed by atoms with Crippen molar-refractivity contribution in [2.75, 3.05) is 30.4 Å². The minimum Gasteiger partial charge on any atom is -0.335 e. The van der Waals surface area contributed by atoms with E-state index in [1.165, 1.54) is 6.42 Å². The van der Waals surface area contributed by atoms with Gasteiger partial charge in [-0.05, 0) is 34.2 Å². The van der Waals surface area contributed by atoms with E-state index in [4.69, 9.17) is 15.0 Å². The second kappa shape index (κ2) is 7.96. The van der Waals surface area contributed by atoms with Crippen molar-refractivity contribution >= 4 is 39.1 Å². The van der Waals surface area contributed by atoms with Crippen LogP contribution in [0.3, 0.4) is 0 Å². The van der Waals surface area contributed by atoms with Gasteiger partial charge in [0.1, 0.15) is 22.2 Å². The van der Waals surface area contributed by atoms with E-state index in [1.54, 1.807) is 22.2 Å². The Kier molecular flexibility index (Phi) is 4.98. The Morgan fingerprint density at radius 3 is 2.71 bits per heavy atom. The van der Waals surface area contributed by atoms with Crippen LogP contribution in [0, 0.1) is 18.3 Å². The average molecular weight is 487 g/mol. The Morgan fingerprint density at radius 2 is 1.97 bits per heavy atom. The lowest BCUT2D eigenvalue weighted by Crippen LogP contribution is -2.45. The van der Waals surface area contributed by atoms with Crippen LogP contribution in [0.2, 0.25) is 0 Å². The highest BCUT2D eigenvalue weighted by molar-refractivity contribution is 7.21. The molecule has 2 aliphatic heterocycles. The maximum Gasteiger partial charge on any atom is 0.227 e. The van der Waals surface area contributed by atoms with Crippen molar-refractivity contribution in [2.24, 2.45) is 0 Å². The third-order valence-corrected chi connectivity index (χ3v) is 7.88. The van der Waals surface area contributed by atoms with Crippen LogP contribution in [0.25, 0.3) is 20.8 Å². The molecular weight excluding hydrogens is 460 g/mol. The lowest BCUT2D eigenvalue weighted by molar-refractivity contribution is 0.291. The lowest BCUT2D eigenvalue weighted by atomic mass is 10.1. The van der Waals surface area contributed by atoms with Gasteiger partial charge in [-0.15, -0.1) is 11.3 Å². The third kappa shape index (κ3) is 3.88. The molecule has 0 spiro atoms. The molecule has 10 nitrogen and oxygen atoms in total. The van der Waals surface area contributed by atoms with Crippen molar-refractivity contribution in [3.8, 4) is 16.6 Å². The fraction of sp³-hybridized carbons (Fsp3) is 0.417. The van der Waals surface area contributed by atoms with Gasteiger partial charge in [0.2, 0.25) is 5.95 Å². The van der Waals surface area contributed by atoms with E-state index in [0.29, 0.717) is 17.9 Å². The summed E-state index contributed by atoms with van der Waals surface area (Å²) in [6, 6.07) is 7.20. The summed E-state index contributed by atoms with van der Waals surface area (Å²) in [4.78, 5) is 23.7. The monoisotopic (exact) mass is 486 g/mol. The van der Waals surface area contributed by atoms with Gasteiger partial charge in [-0.2, -0.15) is 15.3 Å². The predicted molar refractivity (Wildman–Crippen MR) is 136 cm³/mol. The van der Waals surface area contributed by atoms with Crippen LogP contribution < -0.4 is 10.2 Å². The molecule has 4 aromatic heterocycles. The molecule has 2 saturated heterocycles. The number of piperazine rings is 1. The molecule has 2 bridgehead atoms. The number of rotatable bonds is 5. The number of pyridine rings is 1. The molecular formula is C24H26N10S. The van der Waals surface area contributed by atoms with Crippen LogP contribution in [0.5, 0.6) is 0 Å². The maximum atomic E-state index is 9.37. The van der Waals surface area contributed by atoms with Gasteiger partial charge in [-0.25, -0.2) is 15.0 Å². The van der Waals surface area contributed by atoms with Crippen molar-refractivity contribution in [1.82, 2.24) is 34.6 Å². The summed E-state index contributed by atoms with van der Waals surface area (Å²) >= 11 is 1.55. The zero-order valence-corrected chi connectivity index (χ0v) is 20.9. The van der Waals surface area contributed by atoms with E-state index in [9.17, 15) is 5.26 Å². The molecule has 2 fully saturated rings. The smallest absolute Gasteiger partial charge is 0.227 e. The van der Waals surface area contributed by atoms with Crippen LogP contribution >= 0.6 is 11.3 Å². The Bertz CT molecular complexity index is 1460. The normalized spacial score (nSPS) is 20.0. The minimum absolute atomic E-state index is 0.477. The number of likely N-dealkylation sites (N-methyl/N-ethyl adjacent to an activating group) is 1. The highest BCUT2D eigenvalue weighted by Crippen LogP contribution is 2.34. The number of nitrogens with zero attached hydrogens (tertiary/aromatic N) is 9. The van der Waals surface area contributed by atoms with Crippen LogP contribution in [0.15, 0.2) is 30.7 Å². The first-order valence-corrected chi connectivity index (χ1v) is 12.4. The Balaban J connectivity index is 1.25. The van der Waals surface area contributed by atoms with Gasteiger partial charge in [0, 0.05) is 61.0 Å². The summed E-state index contributed by atoms with van der Waals surface area (Å²) in [6.45, 7) is 7.68. The summed E-state index contributed by atoms with van der Waals surface area (Å²) < 4.78 is 2.65. The van der Waals surface area contributed by atoms with Crippen molar-refractivity contribution < 1.29 is 0 Å². The zero-order chi connectivity index (χ0) is 24.3. The van der Waals surface area contributed by atoms with E-state index in [1.807, 2.05) is 45.3 Å². The molecule has 2 aliphatic rings. The average Bonchev–Trinajstić information content (AvgIpc) is 3.60. The summed E-state index contributed by atoms with van der Waals surface area (Å²) in [5.74, 6) is 2.19. The molecule has 11 heteroatoms. The Morgan fingerprint density at radius 1 is 1.11 bits per heavy atom. The molecule has 0 amide bonds. The lowest BCUT2D eigenvalue weighted by Gasteiger charge is -2.32. The summed E-state index contributed by atoms with van der Waals surface area (Å²) in [6.07, 6.45) is 6.61. The van der Waals surface area contributed by atoms with Gasteiger partial charge < -0.3 is 10.2 Å². The number of hydrogen-bond donors (Lipinski definition) is 1. The SMILES string of the molecule is Cc1cc(Nc2cc3nc(-c4cnn(C(C)(C)C#N)c4)sc3cn2)nc(N2C[C@@H]3C[C@H]2CN3C)n1. The number of nitrogens with one attached hydrogen (secondary N) is 1. The molecule has 0 aromatic carbocycles. The molecule has 4 aromatic rings. The van der Waals surface area contributed by atoms with Gasteiger partial charge in [0.15, 0.2) is 0 Å². The largest absolute Gasteiger partial charge is 0.335 e. The van der Waals surface area contributed by atoms with E-state index < -0.39 is 5.54 Å². The number of aromatic nitrogens is 6. The molecule has 0 aliphatic carbocycles. The van der Waals surface area contributed by atoms with Gasteiger partial charge >= 0.3 is 0 Å². The molecule has 2 atom stereocenters. The molecule has 0 saturated carbocycles. The number of aryl methyl sites for hydroxylation is 1. The fourth-order valence-corrected chi connectivity index (χ4v) is 5.69. The van der Waals surface area contributed by atoms with Crippen LogP contribution in [-0.2, 0) is 5.54 Å². The standard InChI is InChI=1S/C24H26N10S/c1-14-5-21(31-23(28-14)33-12-16-6-17(33)11-32(16)4)30-20-7-18-19(9-26-20)35-22(29-18)15-8-27-34(10-15)24(2,3)13-25/h5,7-10,16-17H,6,11-12H2,1-4H3,(H,26,28,30,31)/t16-,17-/m0/s1. The van der Waals surface area contributed by atoms with Gasteiger partial charge in [-0.3, -0.25) is 9.58 Å². The highest BCUT2D eigenvalue weighted by atomic mass is 32.1. The number of fused-ring (bicyclic) bond motifs is 3. The summed E-state index contributed by atoms with van der Waals surface area (Å²) in [7, 11) is 2.19. The second-order valence-corrected chi connectivity index (χ2v) is 10.9. The predicted octanol–water partition coefficient (Wildman–Crippen LogP) is 3.55. The topological polar surface area (TPSA) is 112 Å². The molecule has 6 rings (SSSR count). The van der Waals surface area contributed by atoms with Crippen molar-refractivity contribution in [2.45, 2.75) is 44.8 Å². The van der Waals surface area contributed by atoms with Crippen molar-refractivity contribution in [3.05, 3.63) is 36.4 Å². The van der Waals surface area contributed by atoms with E-state index in [-0.39, 0.29) is 0 Å². The highest BCUT2D eigenvalue weighted by Gasteiger charge is 2.42. The molecule has 178 valence electrons. The van der Waals surface area contributed by atoms with Gasteiger partial charge in [0.25, 0.3) is 0 Å². The number of thiazole rings is 1. The number of nitriles is 1. The first-order chi connectivity index (χ1) is 16.8. The van der Waals surface area contributed by atoms with E-state index in [2.05, 4.69) is 38.3 Å². The molecule has 35 heavy (non-hydrogen) atoms. The second-order valence-electron chi connectivity index (χ2n) is 9.86. The fourth-order valence-electron chi connectivity index (χ4n) is 4.80. The van der Waals surface area contributed by atoms with Crippen LogP contribution in [0.1, 0.15) is 26.0 Å². The Labute approximate surface area is 207 Å². The van der Waals surface area contributed by atoms with E-state index in [0.717, 1.165) is 51.3 Å². The van der Waals surface area contributed by atoms with Crippen LogP contribution in [0.4, 0.5) is 17.6 Å². The number of hydrogen-bond acceptors (Lipinski definition) is 10.